The maximum atomic E-state index is 12.1. The lowest BCUT2D eigenvalue weighted by Crippen LogP contribution is -2.39. The summed E-state index contributed by atoms with van der Waals surface area (Å²) in [6.07, 6.45) is 2.16. The first-order chi connectivity index (χ1) is 9.27. The Labute approximate surface area is 110 Å². The first-order valence-electron chi connectivity index (χ1n) is 6.68. The molecular formula is C15H15NO3. The number of rotatable bonds is 0. The fraction of sp³-hybridized carbons (Fsp3) is 0.400. The summed E-state index contributed by atoms with van der Waals surface area (Å²) in [5.41, 5.74) is 2.90. The standard InChI is InChI=1S/C15H15NO3/c17-14-11-5-6-15(18-7-8-19-15)9-12(11)10-3-1-2-4-13(10)16-14/h1-4H,5-9H2,(H,16,17). The van der Waals surface area contributed by atoms with E-state index in [1.807, 2.05) is 18.2 Å². The smallest absolute Gasteiger partial charge is 0.251 e. The predicted octanol–water partition coefficient (Wildman–Crippen LogP) is 1.76. The van der Waals surface area contributed by atoms with E-state index < -0.39 is 5.79 Å². The van der Waals surface area contributed by atoms with Crippen LogP contribution in [0.15, 0.2) is 29.1 Å². The number of nitrogens with one attached hydrogen (secondary N) is 1. The summed E-state index contributed by atoms with van der Waals surface area (Å²) < 4.78 is 11.6. The zero-order valence-corrected chi connectivity index (χ0v) is 10.6. The van der Waals surface area contributed by atoms with Crippen molar-refractivity contribution in [1.29, 1.82) is 0 Å². The van der Waals surface area contributed by atoms with E-state index in [-0.39, 0.29) is 5.56 Å². The number of fused-ring (bicyclic) bond motifs is 3. The summed E-state index contributed by atoms with van der Waals surface area (Å²) in [6.45, 7) is 1.30. The van der Waals surface area contributed by atoms with Crippen molar-refractivity contribution in [2.75, 3.05) is 13.2 Å². The van der Waals surface area contributed by atoms with Crippen molar-refractivity contribution >= 4 is 10.9 Å². The summed E-state index contributed by atoms with van der Waals surface area (Å²) in [5.74, 6) is -0.496. The summed E-state index contributed by atoms with van der Waals surface area (Å²) in [6, 6.07) is 7.93. The summed E-state index contributed by atoms with van der Waals surface area (Å²) in [4.78, 5) is 15.1. The first-order valence-corrected chi connectivity index (χ1v) is 6.68. The Bertz CT molecular complexity index is 698. The molecular weight excluding hydrogens is 242 g/mol. The Balaban J connectivity index is 1.95. The largest absolute Gasteiger partial charge is 0.347 e. The van der Waals surface area contributed by atoms with E-state index in [1.165, 1.54) is 0 Å². The molecule has 0 unspecified atom stereocenters. The third kappa shape index (κ3) is 1.64. The fourth-order valence-corrected chi connectivity index (χ4v) is 3.24. The topological polar surface area (TPSA) is 51.3 Å². The van der Waals surface area contributed by atoms with Crippen LogP contribution in [-0.4, -0.2) is 24.0 Å². The Morgan fingerprint density at radius 3 is 2.74 bits per heavy atom. The number of para-hydroxylation sites is 1. The van der Waals surface area contributed by atoms with Crippen LogP contribution >= 0.6 is 0 Å². The van der Waals surface area contributed by atoms with Crippen molar-refractivity contribution in [2.24, 2.45) is 0 Å². The maximum Gasteiger partial charge on any atom is 0.251 e. The Morgan fingerprint density at radius 2 is 1.89 bits per heavy atom. The minimum Gasteiger partial charge on any atom is -0.347 e. The second-order valence-corrected chi connectivity index (χ2v) is 5.24. The zero-order chi connectivity index (χ0) is 12.9. The van der Waals surface area contributed by atoms with Crippen LogP contribution in [0.3, 0.4) is 0 Å². The highest BCUT2D eigenvalue weighted by atomic mass is 16.7. The van der Waals surface area contributed by atoms with Crippen LogP contribution in [0, 0.1) is 0 Å². The van der Waals surface area contributed by atoms with Gasteiger partial charge in [-0.25, -0.2) is 0 Å². The summed E-state index contributed by atoms with van der Waals surface area (Å²) in [7, 11) is 0. The average Bonchev–Trinajstić information content (AvgIpc) is 2.87. The molecule has 2 heterocycles. The lowest BCUT2D eigenvalue weighted by Gasteiger charge is -2.32. The van der Waals surface area contributed by atoms with Crippen molar-refractivity contribution in [1.82, 2.24) is 4.98 Å². The molecule has 0 atom stereocenters. The lowest BCUT2D eigenvalue weighted by molar-refractivity contribution is -0.163. The SMILES string of the molecule is O=c1[nH]c2ccccc2c2c1CCC1(C2)OCCO1. The molecule has 4 heteroatoms. The fourth-order valence-electron chi connectivity index (χ4n) is 3.24. The van der Waals surface area contributed by atoms with Gasteiger partial charge in [0.1, 0.15) is 0 Å². The number of aromatic amines is 1. The van der Waals surface area contributed by atoms with Gasteiger partial charge in [0, 0.05) is 29.3 Å². The molecule has 0 amide bonds. The molecule has 1 fully saturated rings. The summed E-state index contributed by atoms with van der Waals surface area (Å²) >= 11 is 0. The zero-order valence-electron chi connectivity index (χ0n) is 10.6. The molecule has 0 radical (unpaired) electrons. The first kappa shape index (κ1) is 11.2. The number of pyridine rings is 1. The molecule has 4 nitrogen and oxygen atoms in total. The van der Waals surface area contributed by atoms with Gasteiger partial charge in [0.2, 0.25) is 0 Å². The van der Waals surface area contributed by atoms with Crippen molar-refractivity contribution in [2.45, 2.75) is 25.0 Å². The van der Waals surface area contributed by atoms with E-state index in [2.05, 4.69) is 11.1 Å². The maximum absolute atomic E-state index is 12.1. The average molecular weight is 257 g/mol. The van der Waals surface area contributed by atoms with Gasteiger partial charge in [-0.3, -0.25) is 4.79 Å². The van der Waals surface area contributed by atoms with Crippen LogP contribution < -0.4 is 5.56 Å². The van der Waals surface area contributed by atoms with Crippen molar-refractivity contribution in [3.05, 3.63) is 45.7 Å². The van der Waals surface area contributed by atoms with Crippen LogP contribution in [0.2, 0.25) is 0 Å². The van der Waals surface area contributed by atoms with Gasteiger partial charge < -0.3 is 14.5 Å². The highest BCUT2D eigenvalue weighted by Crippen LogP contribution is 2.36. The second kappa shape index (κ2) is 3.92. The van der Waals surface area contributed by atoms with Gasteiger partial charge >= 0.3 is 0 Å². The monoisotopic (exact) mass is 257 g/mol. The van der Waals surface area contributed by atoms with E-state index >= 15 is 0 Å². The van der Waals surface area contributed by atoms with Crippen LogP contribution in [-0.2, 0) is 22.3 Å². The third-order valence-electron chi connectivity index (χ3n) is 4.15. The van der Waals surface area contributed by atoms with E-state index in [4.69, 9.17) is 9.47 Å². The van der Waals surface area contributed by atoms with E-state index in [0.29, 0.717) is 19.6 Å². The molecule has 1 aromatic carbocycles. The Morgan fingerprint density at radius 1 is 1.11 bits per heavy atom. The summed E-state index contributed by atoms with van der Waals surface area (Å²) in [5, 5.41) is 1.11. The van der Waals surface area contributed by atoms with Crippen molar-refractivity contribution in [3.63, 3.8) is 0 Å². The van der Waals surface area contributed by atoms with Gasteiger partial charge in [0.05, 0.1) is 13.2 Å². The number of hydrogen-bond donors (Lipinski definition) is 1. The second-order valence-electron chi connectivity index (χ2n) is 5.24. The third-order valence-corrected chi connectivity index (χ3v) is 4.15. The number of aromatic nitrogens is 1. The molecule has 0 bridgehead atoms. The molecule has 0 saturated carbocycles. The normalized spacial score (nSPS) is 20.8. The van der Waals surface area contributed by atoms with Gasteiger partial charge in [0.15, 0.2) is 5.79 Å². The van der Waals surface area contributed by atoms with Crippen LogP contribution in [0.1, 0.15) is 17.5 Å². The highest BCUT2D eigenvalue weighted by molar-refractivity contribution is 5.83. The molecule has 1 aliphatic carbocycles. The molecule has 1 aliphatic heterocycles. The van der Waals surface area contributed by atoms with E-state index in [0.717, 1.165) is 34.9 Å². The van der Waals surface area contributed by atoms with Gasteiger partial charge in [0.25, 0.3) is 5.56 Å². The number of ether oxygens (including phenoxy) is 2. The molecule has 4 rings (SSSR count). The number of H-pyrrole nitrogens is 1. The number of hydrogen-bond acceptors (Lipinski definition) is 3. The van der Waals surface area contributed by atoms with E-state index in [1.54, 1.807) is 0 Å². The van der Waals surface area contributed by atoms with Crippen LogP contribution in [0.5, 0.6) is 0 Å². The van der Waals surface area contributed by atoms with Crippen molar-refractivity contribution < 1.29 is 9.47 Å². The quantitative estimate of drug-likeness (QED) is 0.782. The van der Waals surface area contributed by atoms with Gasteiger partial charge in [-0.05, 0) is 18.1 Å². The molecule has 1 spiro atoms. The molecule has 98 valence electrons. The van der Waals surface area contributed by atoms with Crippen LogP contribution in [0.4, 0.5) is 0 Å². The molecule has 1 aromatic heterocycles. The number of benzene rings is 1. The van der Waals surface area contributed by atoms with Gasteiger partial charge in [-0.2, -0.15) is 0 Å². The molecule has 2 aliphatic rings. The molecule has 19 heavy (non-hydrogen) atoms. The van der Waals surface area contributed by atoms with Crippen LogP contribution in [0.25, 0.3) is 10.9 Å². The van der Waals surface area contributed by atoms with Gasteiger partial charge in [-0.1, -0.05) is 18.2 Å². The lowest BCUT2D eigenvalue weighted by atomic mass is 9.86. The predicted molar refractivity (Wildman–Crippen MR) is 71.2 cm³/mol. The molecule has 2 aromatic rings. The Kier molecular flexibility index (Phi) is 2.31. The van der Waals surface area contributed by atoms with E-state index in [9.17, 15) is 4.79 Å². The molecule has 1 saturated heterocycles. The minimum absolute atomic E-state index is 0.0292. The minimum atomic E-state index is -0.496. The van der Waals surface area contributed by atoms with Crippen molar-refractivity contribution in [3.8, 4) is 0 Å². The Hall–Kier alpha value is -1.65. The van der Waals surface area contributed by atoms with Gasteiger partial charge in [-0.15, -0.1) is 0 Å². The molecule has 1 N–H and O–H groups in total. The highest BCUT2D eigenvalue weighted by Gasteiger charge is 2.41.